The predicted molar refractivity (Wildman–Crippen MR) is 61.2 cm³/mol. The van der Waals surface area contributed by atoms with Gasteiger partial charge in [-0.3, -0.25) is 0 Å². The molecule has 0 aliphatic carbocycles. The lowest BCUT2D eigenvalue weighted by Gasteiger charge is -2.04. The zero-order valence-electron chi connectivity index (χ0n) is 8.18. The van der Waals surface area contributed by atoms with E-state index in [4.69, 9.17) is 17.3 Å². The molecule has 4 heteroatoms. The van der Waals surface area contributed by atoms with Crippen LogP contribution in [0.2, 0.25) is 5.02 Å². The number of benzene rings is 2. The van der Waals surface area contributed by atoms with Crippen molar-refractivity contribution < 1.29 is 8.78 Å². The minimum atomic E-state index is -0.884. The minimum Gasteiger partial charge on any atom is -0.398 e. The molecule has 82 valence electrons. The highest BCUT2D eigenvalue weighted by molar-refractivity contribution is 6.33. The molecule has 0 aromatic heterocycles. The standard InChI is InChI=1S/C12H8ClF2N/c13-9-5-7(2-4-12(9)16)8-1-3-10(14)11(15)6-8/h1-6H,16H2. The highest BCUT2D eigenvalue weighted by Crippen LogP contribution is 2.27. The summed E-state index contributed by atoms with van der Waals surface area (Å²) in [5, 5.41) is 0.391. The predicted octanol–water partition coefficient (Wildman–Crippen LogP) is 3.87. The number of nitrogen functional groups attached to an aromatic ring is 1. The van der Waals surface area contributed by atoms with E-state index in [0.29, 0.717) is 21.8 Å². The molecule has 0 unspecified atom stereocenters. The van der Waals surface area contributed by atoms with Crippen molar-refractivity contribution in [1.29, 1.82) is 0 Å². The van der Waals surface area contributed by atoms with Crippen molar-refractivity contribution in [3.63, 3.8) is 0 Å². The zero-order chi connectivity index (χ0) is 11.7. The Morgan fingerprint density at radius 3 is 2.12 bits per heavy atom. The average molecular weight is 240 g/mol. The zero-order valence-corrected chi connectivity index (χ0v) is 8.93. The lowest BCUT2D eigenvalue weighted by Crippen LogP contribution is -1.88. The highest BCUT2D eigenvalue weighted by Gasteiger charge is 2.05. The van der Waals surface area contributed by atoms with Crippen LogP contribution in [0.1, 0.15) is 0 Å². The Bertz CT molecular complexity index is 491. The molecule has 0 aliphatic heterocycles. The Hall–Kier alpha value is -1.61. The van der Waals surface area contributed by atoms with E-state index in [2.05, 4.69) is 0 Å². The van der Waals surface area contributed by atoms with Crippen LogP contribution in [0.5, 0.6) is 0 Å². The van der Waals surface area contributed by atoms with Crippen LogP contribution < -0.4 is 5.73 Å². The van der Waals surface area contributed by atoms with Crippen LogP contribution in [-0.2, 0) is 0 Å². The van der Waals surface area contributed by atoms with Crippen molar-refractivity contribution in [2.24, 2.45) is 0 Å². The second-order valence-corrected chi connectivity index (χ2v) is 3.77. The SMILES string of the molecule is Nc1ccc(-c2ccc(F)c(F)c2)cc1Cl. The summed E-state index contributed by atoms with van der Waals surface area (Å²) in [5.41, 5.74) is 7.26. The number of anilines is 1. The molecular formula is C12H8ClF2N. The highest BCUT2D eigenvalue weighted by atomic mass is 35.5. The van der Waals surface area contributed by atoms with E-state index in [-0.39, 0.29) is 0 Å². The van der Waals surface area contributed by atoms with Crippen molar-refractivity contribution in [2.75, 3.05) is 5.73 Å². The van der Waals surface area contributed by atoms with Gasteiger partial charge >= 0.3 is 0 Å². The molecule has 2 aromatic carbocycles. The lowest BCUT2D eigenvalue weighted by molar-refractivity contribution is 0.509. The van der Waals surface area contributed by atoms with Crippen LogP contribution in [0.25, 0.3) is 11.1 Å². The van der Waals surface area contributed by atoms with Gasteiger partial charge in [0.1, 0.15) is 0 Å². The van der Waals surface area contributed by atoms with Gasteiger partial charge < -0.3 is 5.73 Å². The summed E-state index contributed by atoms with van der Waals surface area (Å²) in [4.78, 5) is 0. The van der Waals surface area contributed by atoms with Crippen LogP contribution in [0.4, 0.5) is 14.5 Å². The third-order valence-corrected chi connectivity index (χ3v) is 2.58. The van der Waals surface area contributed by atoms with E-state index in [1.165, 1.54) is 6.07 Å². The number of rotatable bonds is 1. The molecular weight excluding hydrogens is 232 g/mol. The summed E-state index contributed by atoms with van der Waals surface area (Å²) in [6.07, 6.45) is 0. The summed E-state index contributed by atoms with van der Waals surface area (Å²) in [5.74, 6) is -1.75. The van der Waals surface area contributed by atoms with Crippen molar-refractivity contribution in [2.45, 2.75) is 0 Å². The van der Waals surface area contributed by atoms with Gasteiger partial charge in [0.2, 0.25) is 0 Å². The number of hydrogen-bond acceptors (Lipinski definition) is 1. The van der Waals surface area contributed by atoms with Gasteiger partial charge in [0, 0.05) is 0 Å². The first-order valence-electron chi connectivity index (χ1n) is 4.58. The van der Waals surface area contributed by atoms with Gasteiger partial charge in [-0.05, 0) is 35.4 Å². The van der Waals surface area contributed by atoms with Crippen LogP contribution in [0.3, 0.4) is 0 Å². The summed E-state index contributed by atoms with van der Waals surface area (Å²) >= 11 is 5.84. The van der Waals surface area contributed by atoms with Gasteiger partial charge in [0.05, 0.1) is 10.7 Å². The summed E-state index contributed by atoms with van der Waals surface area (Å²) in [7, 11) is 0. The molecule has 2 aromatic rings. The molecule has 0 aliphatic rings. The average Bonchev–Trinajstić information content (AvgIpc) is 2.26. The fourth-order valence-electron chi connectivity index (χ4n) is 1.38. The largest absolute Gasteiger partial charge is 0.398 e. The molecule has 0 saturated carbocycles. The van der Waals surface area contributed by atoms with Gasteiger partial charge in [-0.25, -0.2) is 8.78 Å². The van der Waals surface area contributed by atoms with Crippen LogP contribution >= 0.6 is 11.6 Å². The van der Waals surface area contributed by atoms with Gasteiger partial charge in [0.25, 0.3) is 0 Å². The molecule has 0 atom stereocenters. The maximum atomic E-state index is 13.0. The van der Waals surface area contributed by atoms with Gasteiger partial charge in [-0.2, -0.15) is 0 Å². The van der Waals surface area contributed by atoms with Crippen LogP contribution in [-0.4, -0.2) is 0 Å². The summed E-state index contributed by atoms with van der Waals surface area (Å²) in [6, 6.07) is 8.63. The van der Waals surface area contributed by atoms with Crippen LogP contribution in [0, 0.1) is 11.6 Å². The maximum Gasteiger partial charge on any atom is 0.159 e. The molecule has 2 rings (SSSR count). The number of halogens is 3. The monoisotopic (exact) mass is 239 g/mol. The quantitative estimate of drug-likeness (QED) is 0.751. The van der Waals surface area contributed by atoms with E-state index < -0.39 is 11.6 Å². The third-order valence-electron chi connectivity index (χ3n) is 2.25. The molecule has 0 bridgehead atoms. The molecule has 1 nitrogen and oxygen atoms in total. The van der Waals surface area contributed by atoms with E-state index >= 15 is 0 Å². The third kappa shape index (κ3) is 1.99. The van der Waals surface area contributed by atoms with Crippen molar-refractivity contribution in [3.8, 4) is 11.1 Å². The molecule has 2 N–H and O–H groups in total. The van der Waals surface area contributed by atoms with Crippen molar-refractivity contribution >= 4 is 17.3 Å². The van der Waals surface area contributed by atoms with Crippen molar-refractivity contribution in [1.82, 2.24) is 0 Å². The van der Waals surface area contributed by atoms with E-state index in [9.17, 15) is 8.78 Å². The molecule has 0 saturated heterocycles. The fourth-order valence-corrected chi connectivity index (χ4v) is 1.56. The Morgan fingerprint density at radius 2 is 1.50 bits per heavy atom. The lowest BCUT2D eigenvalue weighted by atomic mass is 10.1. The molecule has 0 radical (unpaired) electrons. The molecule has 0 amide bonds. The molecule has 16 heavy (non-hydrogen) atoms. The Balaban J connectivity index is 2.50. The number of nitrogens with two attached hydrogens (primary N) is 1. The first-order valence-corrected chi connectivity index (χ1v) is 4.96. The van der Waals surface area contributed by atoms with Crippen LogP contribution in [0.15, 0.2) is 36.4 Å². The topological polar surface area (TPSA) is 26.0 Å². The van der Waals surface area contributed by atoms with E-state index in [0.717, 1.165) is 12.1 Å². The van der Waals surface area contributed by atoms with Gasteiger partial charge in [-0.1, -0.05) is 23.7 Å². The molecule has 0 fully saturated rings. The normalized spacial score (nSPS) is 10.4. The minimum absolute atomic E-state index is 0.391. The fraction of sp³-hybridized carbons (Fsp3) is 0. The summed E-state index contributed by atoms with van der Waals surface area (Å²) < 4.78 is 25.7. The first-order chi connectivity index (χ1) is 7.58. The van der Waals surface area contributed by atoms with Crippen molar-refractivity contribution in [3.05, 3.63) is 53.1 Å². The Morgan fingerprint density at radius 1 is 0.875 bits per heavy atom. The van der Waals surface area contributed by atoms with E-state index in [1.54, 1.807) is 18.2 Å². The van der Waals surface area contributed by atoms with Gasteiger partial charge in [-0.15, -0.1) is 0 Å². The Kier molecular flexibility index (Phi) is 2.79. The second kappa shape index (κ2) is 4.10. The second-order valence-electron chi connectivity index (χ2n) is 3.37. The smallest absolute Gasteiger partial charge is 0.159 e. The Labute approximate surface area is 96.5 Å². The number of hydrogen-bond donors (Lipinski definition) is 1. The van der Waals surface area contributed by atoms with E-state index in [1.807, 2.05) is 0 Å². The molecule has 0 spiro atoms. The van der Waals surface area contributed by atoms with Gasteiger partial charge in [0.15, 0.2) is 11.6 Å². The molecule has 0 heterocycles. The summed E-state index contributed by atoms with van der Waals surface area (Å²) in [6.45, 7) is 0. The first kappa shape index (κ1) is 10.9. The maximum absolute atomic E-state index is 13.0.